The number of carbonyl (C=O) groups excluding carboxylic acids is 2. The second-order valence-corrected chi connectivity index (χ2v) is 11.4. The first-order chi connectivity index (χ1) is 19.2. The van der Waals surface area contributed by atoms with Crippen molar-refractivity contribution < 1.29 is 22.8 Å². The summed E-state index contributed by atoms with van der Waals surface area (Å²) in [5.41, 5.74) is 0.953. The molecule has 2 amide bonds. The number of nitriles is 1. The summed E-state index contributed by atoms with van der Waals surface area (Å²) in [5.74, 6) is -2.55. The number of benzene rings is 2. The predicted octanol–water partition coefficient (Wildman–Crippen LogP) is 5.48. The van der Waals surface area contributed by atoms with Crippen molar-refractivity contribution in [2.24, 2.45) is 0 Å². The molecule has 0 unspecified atom stereocenters. The molecule has 10 nitrogen and oxygen atoms in total. The highest BCUT2D eigenvalue weighted by atomic mass is 35.5. The zero-order valence-corrected chi connectivity index (χ0v) is 23.7. The van der Waals surface area contributed by atoms with Crippen LogP contribution in [0.25, 0.3) is 11.3 Å². The maximum Gasteiger partial charge on any atom is 0.455 e. The van der Waals surface area contributed by atoms with Crippen LogP contribution in [-0.4, -0.2) is 42.5 Å². The molecule has 212 valence electrons. The molecule has 2 N–H and O–H groups in total. The summed E-state index contributed by atoms with van der Waals surface area (Å²) >= 11 is 7.29. The fourth-order valence-electron chi connectivity index (χ4n) is 3.74. The minimum absolute atomic E-state index is 0.0789. The summed E-state index contributed by atoms with van der Waals surface area (Å²) in [4.78, 5) is 32.1. The molecule has 4 aromatic rings. The number of carbonyl (C=O) groups is 2. The van der Waals surface area contributed by atoms with Crippen LogP contribution >= 0.6 is 22.9 Å². The third-order valence-electron chi connectivity index (χ3n) is 5.43. The molecular weight excluding hydrogens is 581 g/mol. The third kappa shape index (κ3) is 6.87. The summed E-state index contributed by atoms with van der Waals surface area (Å²) in [6.07, 6.45) is -4.77. The second-order valence-electron chi connectivity index (χ2n) is 9.89. The molecule has 4 rings (SSSR count). The molecular formula is C26H22ClF3N8O2S. The molecule has 2 aromatic carbocycles. The van der Waals surface area contributed by atoms with Gasteiger partial charge in [-0.05, 0) is 56.7 Å². The number of alkyl halides is 3. The average molecular weight is 603 g/mol. The summed E-state index contributed by atoms with van der Waals surface area (Å²) in [6.45, 7) is 6.72. The summed E-state index contributed by atoms with van der Waals surface area (Å²) in [6, 6.07) is 11.5. The number of anilines is 1. The molecule has 0 saturated heterocycles. The molecule has 0 saturated carbocycles. The smallest absolute Gasteiger partial charge is 0.347 e. The first-order valence-corrected chi connectivity index (χ1v) is 13.1. The lowest BCUT2D eigenvalue weighted by Crippen LogP contribution is -2.41. The number of aromatic nitrogens is 5. The van der Waals surface area contributed by atoms with E-state index in [1.54, 1.807) is 52.0 Å². The van der Waals surface area contributed by atoms with Gasteiger partial charge in [0.25, 0.3) is 17.6 Å². The van der Waals surface area contributed by atoms with Gasteiger partial charge >= 0.3 is 6.18 Å². The number of rotatable bonds is 6. The fraction of sp³-hybridized carbons (Fsp3) is 0.269. The molecule has 0 radical (unpaired) electrons. The van der Waals surface area contributed by atoms with Gasteiger partial charge in [-0.2, -0.15) is 23.2 Å². The van der Waals surface area contributed by atoms with Crippen LogP contribution in [-0.2, 0) is 12.7 Å². The molecule has 2 aromatic heterocycles. The van der Waals surface area contributed by atoms with Crippen LogP contribution in [0.1, 0.15) is 62.8 Å². The van der Waals surface area contributed by atoms with Crippen LogP contribution in [0.3, 0.4) is 0 Å². The van der Waals surface area contributed by atoms with E-state index in [0.717, 1.165) is 16.1 Å². The minimum atomic E-state index is -4.77. The number of amides is 2. The minimum Gasteiger partial charge on any atom is -0.347 e. The molecule has 2 heterocycles. The topological polar surface area (TPSA) is 138 Å². The van der Waals surface area contributed by atoms with E-state index in [0.29, 0.717) is 11.1 Å². The molecule has 0 aliphatic heterocycles. The number of halogens is 4. The van der Waals surface area contributed by atoms with Gasteiger partial charge in [0, 0.05) is 11.1 Å². The Bertz CT molecular complexity index is 1690. The lowest BCUT2D eigenvalue weighted by molar-refractivity contribution is -0.145. The Morgan fingerprint density at radius 1 is 1.15 bits per heavy atom. The number of tetrazole rings is 1. The van der Waals surface area contributed by atoms with E-state index >= 15 is 0 Å². The van der Waals surface area contributed by atoms with Gasteiger partial charge in [-0.25, -0.2) is 4.98 Å². The van der Waals surface area contributed by atoms with E-state index in [9.17, 15) is 28.0 Å². The van der Waals surface area contributed by atoms with Crippen molar-refractivity contribution in [1.29, 1.82) is 5.26 Å². The van der Waals surface area contributed by atoms with Gasteiger partial charge in [0.1, 0.15) is 16.4 Å². The summed E-state index contributed by atoms with van der Waals surface area (Å²) < 4.78 is 38.8. The standard InChI is InChI=1S/C26H22ClF3N8O2S/c1-13-9-14(11-31)10-16(22(39)34-25(2,3)4)19(13)33-23(40)21-20(15-7-5-6-8-17(15)27)32-18(41-21)12-38-36-24(35-37-38)26(28,29)30/h5-10H,12H2,1-4H3,(H,33,40)(H,34,39). The molecule has 0 bridgehead atoms. The van der Waals surface area contributed by atoms with Crippen molar-refractivity contribution in [2.75, 3.05) is 5.32 Å². The van der Waals surface area contributed by atoms with Crippen molar-refractivity contribution in [3.05, 3.63) is 73.8 Å². The lowest BCUT2D eigenvalue weighted by atomic mass is 10.0. The normalized spacial score (nSPS) is 11.7. The van der Waals surface area contributed by atoms with Gasteiger partial charge in [0.15, 0.2) is 0 Å². The van der Waals surface area contributed by atoms with E-state index in [1.165, 1.54) is 12.1 Å². The third-order valence-corrected chi connectivity index (χ3v) is 6.79. The van der Waals surface area contributed by atoms with Crippen LogP contribution in [0.4, 0.5) is 18.9 Å². The van der Waals surface area contributed by atoms with Crippen molar-refractivity contribution in [2.45, 2.75) is 46.0 Å². The van der Waals surface area contributed by atoms with Crippen molar-refractivity contribution >= 4 is 40.4 Å². The Kier molecular flexibility index (Phi) is 8.14. The highest BCUT2D eigenvalue weighted by Gasteiger charge is 2.37. The van der Waals surface area contributed by atoms with Crippen molar-refractivity contribution in [1.82, 2.24) is 30.5 Å². The Morgan fingerprint density at radius 2 is 1.85 bits per heavy atom. The molecule has 15 heteroatoms. The number of hydrogen-bond donors (Lipinski definition) is 2. The predicted molar refractivity (Wildman–Crippen MR) is 146 cm³/mol. The number of thiazole rings is 1. The van der Waals surface area contributed by atoms with Crippen LogP contribution in [0.2, 0.25) is 5.02 Å². The molecule has 0 spiro atoms. The SMILES string of the molecule is Cc1cc(C#N)cc(C(=O)NC(C)(C)C)c1NC(=O)c1sc(Cn2nnc(C(F)(F)F)n2)nc1-c1ccccc1Cl. The molecule has 0 aliphatic rings. The molecule has 0 atom stereocenters. The molecule has 0 aliphatic carbocycles. The van der Waals surface area contributed by atoms with Crippen LogP contribution < -0.4 is 10.6 Å². The highest BCUT2D eigenvalue weighted by molar-refractivity contribution is 7.14. The maximum absolute atomic E-state index is 13.7. The van der Waals surface area contributed by atoms with E-state index < -0.39 is 29.4 Å². The monoisotopic (exact) mass is 602 g/mol. The van der Waals surface area contributed by atoms with Gasteiger partial charge in [0.05, 0.1) is 33.6 Å². The highest BCUT2D eigenvalue weighted by Crippen LogP contribution is 2.35. The second kappa shape index (κ2) is 11.3. The van der Waals surface area contributed by atoms with Gasteiger partial charge in [-0.1, -0.05) is 29.8 Å². The number of nitrogens with one attached hydrogen (secondary N) is 2. The first-order valence-electron chi connectivity index (χ1n) is 11.9. The van der Waals surface area contributed by atoms with Crippen LogP contribution in [0, 0.1) is 18.3 Å². The molecule has 41 heavy (non-hydrogen) atoms. The average Bonchev–Trinajstić information content (AvgIpc) is 3.52. The summed E-state index contributed by atoms with van der Waals surface area (Å²) in [7, 11) is 0. The van der Waals surface area contributed by atoms with Gasteiger partial charge in [-0.15, -0.1) is 21.5 Å². The maximum atomic E-state index is 13.7. The fourth-order valence-corrected chi connectivity index (χ4v) is 4.92. The number of nitrogens with zero attached hydrogens (tertiary/aromatic N) is 6. The summed E-state index contributed by atoms with van der Waals surface area (Å²) in [5, 5.41) is 25.3. The van der Waals surface area contributed by atoms with Gasteiger partial charge in [-0.3, -0.25) is 9.59 Å². The van der Waals surface area contributed by atoms with Gasteiger partial charge in [0.2, 0.25) is 0 Å². The van der Waals surface area contributed by atoms with Gasteiger partial charge < -0.3 is 10.6 Å². The largest absolute Gasteiger partial charge is 0.455 e. The number of hydrogen-bond acceptors (Lipinski definition) is 8. The molecule has 0 fully saturated rings. The first kappa shape index (κ1) is 29.6. The van der Waals surface area contributed by atoms with Crippen LogP contribution in [0.5, 0.6) is 0 Å². The Hall–Kier alpha value is -4.35. The van der Waals surface area contributed by atoms with Crippen LogP contribution in [0.15, 0.2) is 36.4 Å². The van der Waals surface area contributed by atoms with E-state index in [4.69, 9.17) is 11.6 Å². The van der Waals surface area contributed by atoms with E-state index in [2.05, 4.69) is 31.0 Å². The zero-order chi connectivity index (χ0) is 30.1. The van der Waals surface area contributed by atoms with E-state index in [-0.39, 0.29) is 44.0 Å². The Morgan fingerprint density at radius 3 is 2.46 bits per heavy atom. The Balaban J connectivity index is 1.76. The number of aryl methyl sites for hydroxylation is 1. The Labute approximate surface area is 241 Å². The zero-order valence-electron chi connectivity index (χ0n) is 22.1. The lowest BCUT2D eigenvalue weighted by Gasteiger charge is -2.22. The van der Waals surface area contributed by atoms with Crippen molar-refractivity contribution in [3.8, 4) is 17.3 Å². The quantitative estimate of drug-likeness (QED) is 0.298. The van der Waals surface area contributed by atoms with E-state index in [1.807, 2.05) is 6.07 Å². The van der Waals surface area contributed by atoms with Crippen molar-refractivity contribution in [3.63, 3.8) is 0 Å².